The summed E-state index contributed by atoms with van der Waals surface area (Å²) in [5, 5.41) is 19.0. The Labute approximate surface area is 95.2 Å². The standard InChI is InChI=1S/C12H18O4/c1-2-3-4-9(13)5-7-11-10(14)6-8-12(15)16-11/h5-11,13-14H,2-4H2,1H3/b7-5-/t9-,10-,11-/m0/s1. The third-order valence-electron chi connectivity index (χ3n) is 2.39. The molecule has 0 aromatic carbocycles. The molecular weight excluding hydrogens is 208 g/mol. The van der Waals surface area contributed by atoms with Crippen molar-refractivity contribution in [2.75, 3.05) is 0 Å². The van der Waals surface area contributed by atoms with Crippen molar-refractivity contribution in [3.8, 4) is 0 Å². The fraction of sp³-hybridized carbons (Fsp3) is 0.583. The summed E-state index contributed by atoms with van der Waals surface area (Å²) in [5.74, 6) is -0.469. The molecule has 4 nitrogen and oxygen atoms in total. The quantitative estimate of drug-likeness (QED) is 0.540. The predicted molar refractivity (Wildman–Crippen MR) is 59.7 cm³/mol. The second-order valence-electron chi connectivity index (χ2n) is 3.85. The van der Waals surface area contributed by atoms with Crippen LogP contribution in [0.4, 0.5) is 0 Å². The summed E-state index contributed by atoms with van der Waals surface area (Å²) >= 11 is 0. The largest absolute Gasteiger partial charge is 0.452 e. The Hall–Kier alpha value is -1.13. The van der Waals surface area contributed by atoms with E-state index in [1.54, 1.807) is 6.08 Å². The first-order chi connectivity index (χ1) is 7.63. The van der Waals surface area contributed by atoms with Gasteiger partial charge in [-0.05, 0) is 18.6 Å². The molecule has 0 aromatic heterocycles. The number of carbonyl (C=O) groups excluding carboxylic acids is 1. The molecule has 0 saturated heterocycles. The molecule has 0 radical (unpaired) electrons. The van der Waals surface area contributed by atoms with Gasteiger partial charge in [0.15, 0.2) is 0 Å². The van der Waals surface area contributed by atoms with Gasteiger partial charge < -0.3 is 14.9 Å². The highest BCUT2D eigenvalue weighted by Gasteiger charge is 2.22. The van der Waals surface area contributed by atoms with Crippen molar-refractivity contribution in [2.24, 2.45) is 0 Å². The first-order valence-electron chi connectivity index (χ1n) is 5.56. The van der Waals surface area contributed by atoms with Gasteiger partial charge in [0.05, 0.1) is 6.10 Å². The van der Waals surface area contributed by atoms with E-state index in [-0.39, 0.29) is 0 Å². The average Bonchev–Trinajstić information content (AvgIpc) is 2.27. The minimum atomic E-state index is -0.827. The van der Waals surface area contributed by atoms with Crippen molar-refractivity contribution >= 4 is 5.97 Å². The van der Waals surface area contributed by atoms with E-state index in [0.717, 1.165) is 12.8 Å². The van der Waals surface area contributed by atoms with Crippen LogP contribution >= 0.6 is 0 Å². The van der Waals surface area contributed by atoms with Gasteiger partial charge >= 0.3 is 5.97 Å². The van der Waals surface area contributed by atoms with Gasteiger partial charge in [0.1, 0.15) is 12.2 Å². The first-order valence-corrected chi connectivity index (χ1v) is 5.56. The van der Waals surface area contributed by atoms with Crippen molar-refractivity contribution in [1.29, 1.82) is 0 Å². The van der Waals surface area contributed by atoms with Crippen molar-refractivity contribution in [3.63, 3.8) is 0 Å². The Morgan fingerprint density at radius 1 is 1.62 bits per heavy atom. The lowest BCUT2D eigenvalue weighted by Crippen LogP contribution is -2.31. The molecule has 2 N–H and O–H groups in total. The zero-order valence-corrected chi connectivity index (χ0v) is 9.37. The maximum absolute atomic E-state index is 10.9. The summed E-state index contributed by atoms with van der Waals surface area (Å²) in [6.45, 7) is 2.05. The maximum atomic E-state index is 10.9. The van der Waals surface area contributed by atoms with Crippen LogP contribution in [-0.2, 0) is 9.53 Å². The fourth-order valence-corrected chi connectivity index (χ4v) is 1.43. The number of carbonyl (C=O) groups is 1. The Morgan fingerprint density at radius 2 is 2.38 bits per heavy atom. The summed E-state index contributed by atoms with van der Waals surface area (Å²) in [4.78, 5) is 10.9. The Morgan fingerprint density at radius 3 is 3.06 bits per heavy atom. The van der Waals surface area contributed by atoms with Gasteiger partial charge in [-0.25, -0.2) is 4.79 Å². The lowest BCUT2D eigenvalue weighted by molar-refractivity contribution is -0.146. The molecule has 0 bridgehead atoms. The van der Waals surface area contributed by atoms with Gasteiger partial charge in [0, 0.05) is 6.08 Å². The summed E-state index contributed by atoms with van der Waals surface area (Å²) < 4.78 is 4.88. The van der Waals surface area contributed by atoms with Gasteiger partial charge in [0.25, 0.3) is 0 Å². The highest BCUT2D eigenvalue weighted by Crippen LogP contribution is 2.11. The molecule has 1 aliphatic heterocycles. The number of aliphatic hydroxyl groups excluding tert-OH is 2. The molecule has 0 spiro atoms. The van der Waals surface area contributed by atoms with Gasteiger partial charge in [0.2, 0.25) is 0 Å². The van der Waals surface area contributed by atoms with E-state index in [0.29, 0.717) is 6.42 Å². The number of hydrogen-bond donors (Lipinski definition) is 2. The van der Waals surface area contributed by atoms with Gasteiger partial charge in [-0.2, -0.15) is 0 Å². The second kappa shape index (κ2) is 6.45. The Kier molecular flexibility index (Phi) is 5.22. The molecular formula is C12H18O4. The van der Waals surface area contributed by atoms with Crippen LogP contribution in [0.25, 0.3) is 0 Å². The van der Waals surface area contributed by atoms with Gasteiger partial charge in [-0.15, -0.1) is 0 Å². The van der Waals surface area contributed by atoms with Crippen LogP contribution < -0.4 is 0 Å². The maximum Gasteiger partial charge on any atom is 0.331 e. The number of ether oxygens (including phenoxy) is 1. The number of hydrogen-bond acceptors (Lipinski definition) is 4. The van der Waals surface area contributed by atoms with E-state index in [9.17, 15) is 15.0 Å². The van der Waals surface area contributed by atoms with E-state index in [1.165, 1.54) is 18.2 Å². The third-order valence-corrected chi connectivity index (χ3v) is 2.39. The molecule has 3 atom stereocenters. The van der Waals surface area contributed by atoms with Crippen molar-refractivity contribution < 1.29 is 19.7 Å². The summed E-state index contributed by atoms with van der Waals surface area (Å²) in [6.07, 6.45) is 6.27. The Bertz CT molecular complexity index is 283. The van der Waals surface area contributed by atoms with Crippen LogP contribution in [0, 0.1) is 0 Å². The van der Waals surface area contributed by atoms with Crippen LogP contribution in [0.5, 0.6) is 0 Å². The molecule has 4 heteroatoms. The number of esters is 1. The average molecular weight is 226 g/mol. The van der Waals surface area contributed by atoms with Crippen LogP contribution in [-0.4, -0.2) is 34.5 Å². The molecule has 0 amide bonds. The van der Waals surface area contributed by atoms with Crippen molar-refractivity contribution in [2.45, 2.75) is 44.5 Å². The number of rotatable bonds is 5. The molecule has 1 aliphatic rings. The van der Waals surface area contributed by atoms with Gasteiger partial charge in [-0.1, -0.05) is 25.8 Å². The summed E-state index contributed by atoms with van der Waals surface area (Å²) in [6, 6.07) is 0. The number of cyclic esters (lactones) is 1. The smallest absolute Gasteiger partial charge is 0.331 e. The summed E-state index contributed by atoms with van der Waals surface area (Å²) in [5.41, 5.74) is 0. The lowest BCUT2D eigenvalue weighted by Gasteiger charge is -2.20. The predicted octanol–water partition coefficient (Wildman–Crippen LogP) is 0.936. The van der Waals surface area contributed by atoms with Crippen LogP contribution in [0.15, 0.2) is 24.3 Å². The molecule has 16 heavy (non-hydrogen) atoms. The highest BCUT2D eigenvalue weighted by molar-refractivity contribution is 5.83. The van der Waals surface area contributed by atoms with Crippen LogP contribution in [0.3, 0.4) is 0 Å². The first kappa shape index (κ1) is 12.9. The third kappa shape index (κ3) is 4.16. The SMILES string of the molecule is CCCC[C@H](O)/C=C\[C@@H]1OC(=O)C=C[C@@H]1O. The van der Waals surface area contributed by atoms with E-state index < -0.39 is 24.3 Å². The minimum Gasteiger partial charge on any atom is -0.452 e. The molecule has 1 rings (SSSR count). The lowest BCUT2D eigenvalue weighted by atomic mass is 10.1. The molecule has 0 fully saturated rings. The fourth-order valence-electron chi connectivity index (χ4n) is 1.43. The summed E-state index contributed by atoms with van der Waals surface area (Å²) in [7, 11) is 0. The van der Waals surface area contributed by atoms with E-state index >= 15 is 0 Å². The Balaban J connectivity index is 2.43. The van der Waals surface area contributed by atoms with E-state index in [4.69, 9.17) is 4.74 Å². The minimum absolute atomic E-state index is 0.469. The van der Waals surface area contributed by atoms with Gasteiger partial charge in [-0.3, -0.25) is 0 Å². The van der Waals surface area contributed by atoms with E-state index in [2.05, 4.69) is 0 Å². The number of aliphatic hydroxyl groups is 2. The van der Waals surface area contributed by atoms with E-state index in [1.807, 2.05) is 6.92 Å². The molecule has 0 aliphatic carbocycles. The zero-order valence-electron chi connectivity index (χ0n) is 9.37. The molecule has 90 valence electrons. The normalized spacial score (nSPS) is 27.1. The second-order valence-corrected chi connectivity index (χ2v) is 3.85. The molecule has 0 saturated carbocycles. The topological polar surface area (TPSA) is 66.8 Å². The molecule has 1 heterocycles. The zero-order chi connectivity index (χ0) is 12.0. The van der Waals surface area contributed by atoms with Crippen LogP contribution in [0.1, 0.15) is 26.2 Å². The van der Waals surface area contributed by atoms with Crippen molar-refractivity contribution in [1.82, 2.24) is 0 Å². The molecule has 0 unspecified atom stereocenters. The highest BCUT2D eigenvalue weighted by atomic mass is 16.6. The van der Waals surface area contributed by atoms with Crippen LogP contribution in [0.2, 0.25) is 0 Å². The number of unbranched alkanes of at least 4 members (excludes halogenated alkanes) is 1. The molecule has 0 aromatic rings. The monoisotopic (exact) mass is 226 g/mol. The van der Waals surface area contributed by atoms with Crippen molar-refractivity contribution in [3.05, 3.63) is 24.3 Å².